The van der Waals surface area contributed by atoms with E-state index in [1.807, 2.05) is 47.8 Å². The van der Waals surface area contributed by atoms with E-state index in [1.165, 1.54) is 11.8 Å². The number of benzene rings is 2. The summed E-state index contributed by atoms with van der Waals surface area (Å²) in [6, 6.07) is 20.7. The monoisotopic (exact) mass is 408 g/mol. The molecule has 0 aliphatic carbocycles. The van der Waals surface area contributed by atoms with Crippen LogP contribution in [0.3, 0.4) is 0 Å². The number of thiophene rings is 1. The van der Waals surface area contributed by atoms with Gasteiger partial charge in [0.2, 0.25) is 5.16 Å². The standard InChI is InChI=1S/C20H16N4O2S2/c25-19(14-28-20-21-22-23-24(20)13-18-7-4-12-27-18)15-8-10-17(11-9-15)26-16-5-2-1-3-6-16/h1-12H,13-14H2. The van der Waals surface area contributed by atoms with Crippen LogP contribution in [0.15, 0.2) is 77.3 Å². The predicted octanol–water partition coefficient (Wildman–Crippen LogP) is 4.55. The minimum atomic E-state index is 0.0157. The predicted molar refractivity (Wildman–Crippen MR) is 109 cm³/mol. The minimum Gasteiger partial charge on any atom is -0.457 e. The zero-order chi connectivity index (χ0) is 19.2. The maximum atomic E-state index is 12.5. The molecule has 2 aromatic heterocycles. The molecule has 0 spiro atoms. The Bertz CT molecular complexity index is 1030. The molecule has 0 unspecified atom stereocenters. The number of ether oxygens (including phenoxy) is 1. The molecule has 4 aromatic rings. The van der Waals surface area contributed by atoms with Crippen LogP contribution < -0.4 is 4.74 Å². The first-order chi connectivity index (χ1) is 13.8. The average Bonchev–Trinajstić information content (AvgIpc) is 3.40. The highest BCUT2D eigenvalue weighted by atomic mass is 32.2. The molecule has 6 nitrogen and oxygen atoms in total. The van der Waals surface area contributed by atoms with Gasteiger partial charge in [-0.2, -0.15) is 0 Å². The lowest BCUT2D eigenvalue weighted by Gasteiger charge is -2.06. The van der Waals surface area contributed by atoms with Gasteiger partial charge in [-0.15, -0.1) is 16.4 Å². The van der Waals surface area contributed by atoms with Crippen LogP contribution in [0.5, 0.6) is 11.5 Å². The second kappa shape index (κ2) is 8.81. The van der Waals surface area contributed by atoms with E-state index in [0.717, 1.165) is 10.6 Å². The number of rotatable bonds is 8. The molecule has 0 amide bonds. The van der Waals surface area contributed by atoms with E-state index < -0.39 is 0 Å². The van der Waals surface area contributed by atoms with Gasteiger partial charge in [-0.1, -0.05) is 36.0 Å². The summed E-state index contributed by atoms with van der Waals surface area (Å²) in [6.45, 7) is 0.604. The van der Waals surface area contributed by atoms with Crippen molar-refractivity contribution in [3.63, 3.8) is 0 Å². The molecule has 2 heterocycles. The van der Waals surface area contributed by atoms with Crippen molar-refractivity contribution in [2.24, 2.45) is 0 Å². The van der Waals surface area contributed by atoms with Gasteiger partial charge in [0.15, 0.2) is 5.78 Å². The third-order valence-corrected chi connectivity index (χ3v) is 5.69. The summed E-state index contributed by atoms with van der Waals surface area (Å²) < 4.78 is 7.46. The molecular weight excluding hydrogens is 392 g/mol. The summed E-state index contributed by atoms with van der Waals surface area (Å²) in [5, 5.41) is 14.4. The molecule has 0 aliphatic rings. The summed E-state index contributed by atoms with van der Waals surface area (Å²) in [5.74, 6) is 1.73. The SMILES string of the molecule is O=C(CSc1nnnn1Cc1cccs1)c1ccc(Oc2ccccc2)cc1. The Morgan fingerprint density at radius 1 is 1.00 bits per heavy atom. The zero-order valence-electron chi connectivity index (χ0n) is 14.8. The van der Waals surface area contributed by atoms with Gasteiger partial charge < -0.3 is 4.74 Å². The number of hydrogen-bond donors (Lipinski definition) is 0. The highest BCUT2D eigenvalue weighted by Crippen LogP contribution is 2.23. The van der Waals surface area contributed by atoms with Crippen LogP contribution in [0.2, 0.25) is 0 Å². The molecule has 28 heavy (non-hydrogen) atoms. The van der Waals surface area contributed by atoms with Crippen molar-refractivity contribution in [1.29, 1.82) is 0 Å². The summed E-state index contributed by atoms with van der Waals surface area (Å²) in [7, 11) is 0. The molecule has 0 fully saturated rings. The second-order valence-electron chi connectivity index (χ2n) is 5.85. The Kier molecular flexibility index (Phi) is 5.79. The Morgan fingerprint density at radius 2 is 1.79 bits per heavy atom. The van der Waals surface area contributed by atoms with Crippen molar-refractivity contribution in [2.45, 2.75) is 11.7 Å². The largest absolute Gasteiger partial charge is 0.457 e. The minimum absolute atomic E-state index is 0.0157. The van der Waals surface area contributed by atoms with Gasteiger partial charge in [0.25, 0.3) is 0 Å². The third-order valence-electron chi connectivity index (χ3n) is 3.87. The third kappa shape index (κ3) is 4.65. The summed E-state index contributed by atoms with van der Waals surface area (Å²) >= 11 is 2.98. The Labute approximate surface area is 170 Å². The number of thioether (sulfide) groups is 1. The van der Waals surface area contributed by atoms with Gasteiger partial charge in [0.1, 0.15) is 11.5 Å². The van der Waals surface area contributed by atoms with Crippen LogP contribution in [-0.2, 0) is 6.54 Å². The molecule has 0 saturated heterocycles. The fourth-order valence-electron chi connectivity index (χ4n) is 2.50. The van der Waals surface area contributed by atoms with E-state index >= 15 is 0 Å². The van der Waals surface area contributed by atoms with E-state index in [2.05, 4.69) is 15.5 Å². The average molecular weight is 409 g/mol. The Balaban J connectivity index is 1.35. The maximum Gasteiger partial charge on any atom is 0.210 e. The molecule has 0 N–H and O–H groups in total. The number of nitrogens with zero attached hydrogens (tertiary/aromatic N) is 4. The van der Waals surface area contributed by atoms with Crippen LogP contribution in [0.4, 0.5) is 0 Å². The lowest BCUT2D eigenvalue weighted by molar-refractivity contribution is 0.102. The number of carbonyl (C=O) groups excluding carboxylic acids is 1. The second-order valence-corrected chi connectivity index (χ2v) is 7.82. The van der Waals surface area contributed by atoms with Gasteiger partial charge in [-0.05, 0) is 58.3 Å². The molecule has 140 valence electrons. The molecular formula is C20H16N4O2S2. The molecule has 0 bridgehead atoms. The van der Waals surface area contributed by atoms with Gasteiger partial charge in [-0.3, -0.25) is 4.79 Å². The van der Waals surface area contributed by atoms with E-state index in [4.69, 9.17) is 4.74 Å². The first-order valence-corrected chi connectivity index (χ1v) is 10.4. The molecule has 2 aromatic carbocycles. The smallest absolute Gasteiger partial charge is 0.210 e. The lowest BCUT2D eigenvalue weighted by atomic mass is 10.1. The molecule has 0 atom stereocenters. The van der Waals surface area contributed by atoms with E-state index in [-0.39, 0.29) is 11.5 Å². The van der Waals surface area contributed by atoms with Crippen LogP contribution in [0, 0.1) is 0 Å². The summed E-state index contributed by atoms with van der Waals surface area (Å²) in [5.41, 5.74) is 0.630. The van der Waals surface area contributed by atoms with Gasteiger partial charge in [-0.25, -0.2) is 4.68 Å². The molecule has 4 rings (SSSR count). The van der Waals surface area contributed by atoms with E-state index in [1.54, 1.807) is 40.3 Å². The van der Waals surface area contributed by atoms with Crippen molar-refractivity contribution in [3.05, 3.63) is 82.6 Å². The number of Topliss-reactive ketones (excluding diaryl/α,β-unsaturated/α-hetero) is 1. The van der Waals surface area contributed by atoms with E-state index in [0.29, 0.717) is 23.0 Å². The molecule has 0 saturated carbocycles. The summed E-state index contributed by atoms with van der Waals surface area (Å²) in [6.07, 6.45) is 0. The van der Waals surface area contributed by atoms with Crippen molar-refractivity contribution in [2.75, 3.05) is 5.75 Å². The van der Waals surface area contributed by atoms with Crippen molar-refractivity contribution < 1.29 is 9.53 Å². The van der Waals surface area contributed by atoms with Crippen molar-refractivity contribution >= 4 is 28.9 Å². The van der Waals surface area contributed by atoms with Gasteiger partial charge in [0, 0.05) is 10.4 Å². The fourth-order valence-corrected chi connectivity index (χ4v) is 3.95. The lowest BCUT2D eigenvalue weighted by Crippen LogP contribution is -2.06. The van der Waals surface area contributed by atoms with Crippen molar-refractivity contribution in [1.82, 2.24) is 20.2 Å². The van der Waals surface area contributed by atoms with Crippen LogP contribution in [-0.4, -0.2) is 31.7 Å². The quantitative estimate of drug-likeness (QED) is 0.315. The van der Waals surface area contributed by atoms with Crippen LogP contribution in [0.1, 0.15) is 15.2 Å². The normalized spacial score (nSPS) is 10.7. The fraction of sp³-hybridized carbons (Fsp3) is 0.100. The molecule has 8 heteroatoms. The zero-order valence-corrected chi connectivity index (χ0v) is 16.4. The van der Waals surface area contributed by atoms with Crippen LogP contribution >= 0.6 is 23.1 Å². The highest BCUT2D eigenvalue weighted by molar-refractivity contribution is 7.99. The van der Waals surface area contributed by atoms with Crippen molar-refractivity contribution in [3.8, 4) is 11.5 Å². The maximum absolute atomic E-state index is 12.5. The van der Waals surface area contributed by atoms with Gasteiger partial charge >= 0.3 is 0 Å². The topological polar surface area (TPSA) is 69.9 Å². The molecule has 0 aliphatic heterocycles. The number of para-hydroxylation sites is 1. The summed E-state index contributed by atoms with van der Waals surface area (Å²) in [4.78, 5) is 13.7. The Morgan fingerprint density at radius 3 is 2.54 bits per heavy atom. The Hall–Kier alpha value is -2.97. The number of aromatic nitrogens is 4. The number of ketones is 1. The number of tetrazole rings is 1. The van der Waals surface area contributed by atoms with E-state index in [9.17, 15) is 4.79 Å². The number of hydrogen-bond acceptors (Lipinski definition) is 7. The molecule has 0 radical (unpaired) electrons. The van der Waals surface area contributed by atoms with Crippen LogP contribution in [0.25, 0.3) is 0 Å². The number of carbonyl (C=O) groups is 1. The van der Waals surface area contributed by atoms with Gasteiger partial charge in [0.05, 0.1) is 12.3 Å². The first-order valence-electron chi connectivity index (χ1n) is 8.55. The first kappa shape index (κ1) is 18.4. The highest BCUT2D eigenvalue weighted by Gasteiger charge is 2.12.